The maximum Gasteiger partial charge on any atom is 0.315 e. The van der Waals surface area contributed by atoms with Gasteiger partial charge in [-0.2, -0.15) is 10.5 Å². The second-order valence-corrected chi connectivity index (χ2v) is 4.16. The summed E-state index contributed by atoms with van der Waals surface area (Å²) in [5, 5.41) is 37.8. The third-order valence-electron chi connectivity index (χ3n) is 2.22. The quantitative estimate of drug-likeness (QED) is 0.513. The van der Waals surface area contributed by atoms with Crippen molar-refractivity contribution in [1.29, 1.82) is 10.5 Å². The molecule has 0 unspecified atom stereocenters. The van der Waals surface area contributed by atoms with Crippen LogP contribution in [-0.4, -0.2) is 10.0 Å². The van der Waals surface area contributed by atoms with Crippen molar-refractivity contribution in [2.24, 2.45) is 0 Å². The predicted octanol–water partition coefficient (Wildman–Crippen LogP) is 2.80. The number of rotatable bonds is 2. The third kappa shape index (κ3) is 2.47. The van der Waals surface area contributed by atoms with Gasteiger partial charge in [-0.25, -0.2) is 0 Å². The largest absolute Gasteiger partial charge is 0.502 e. The van der Waals surface area contributed by atoms with Gasteiger partial charge in [-0.1, -0.05) is 15.9 Å². The van der Waals surface area contributed by atoms with Crippen molar-refractivity contribution in [3.63, 3.8) is 0 Å². The number of nitrogens with zero attached hydrogens (tertiary/aromatic N) is 3. The van der Waals surface area contributed by atoms with Crippen LogP contribution in [0, 0.1) is 39.7 Å². The lowest BCUT2D eigenvalue weighted by Gasteiger charge is -2.05. The highest BCUT2D eigenvalue weighted by Crippen LogP contribution is 2.38. The number of nitro groups is 1. The zero-order valence-corrected chi connectivity index (χ0v) is 10.7. The fourth-order valence-electron chi connectivity index (χ4n) is 1.32. The number of phenolic OH excluding ortho intramolecular Hbond substituents is 1. The molecule has 0 aliphatic heterocycles. The summed E-state index contributed by atoms with van der Waals surface area (Å²) in [6.07, 6.45) is 1.09. The summed E-state index contributed by atoms with van der Waals surface area (Å²) in [7, 11) is 0. The van der Waals surface area contributed by atoms with Crippen LogP contribution in [0.4, 0.5) is 5.69 Å². The van der Waals surface area contributed by atoms with Gasteiger partial charge in [0.05, 0.1) is 4.92 Å². The molecule has 1 N–H and O–H groups in total. The number of nitro benzene ring substituents is 1. The molecule has 0 heterocycles. The summed E-state index contributed by atoms with van der Waals surface area (Å²) in [5.41, 5.74) is -0.399. The van der Waals surface area contributed by atoms with Crippen molar-refractivity contribution in [3.8, 4) is 17.9 Å². The summed E-state index contributed by atoms with van der Waals surface area (Å²) in [5.74, 6) is -0.566. The molecule has 0 saturated carbocycles. The summed E-state index contributed by atoms with van der Waals surface area (Å²) in [6, 6.07) is 4.64. The van der Waals surface area contributed by atoms with Gasteiger partial charge in [0.2, 0.25) is 5.75 Å². The van der Waals surface area contributed by atoms with Crippen LogP contribution in [0.15, 0.2) is 16.1 Å². The Bertz CT molecular complexity index is 622. The van der Waals surface area contributed by atoms with Crippen molar-refractivity contribution >= 4 is 27.7 Å². The Hall–Kier alpha value is -2.38. The normalized spacial score (nSPS) is 9.11. The first kappa shape index (κ1) is 13.7. The standard InChI is InChI=1S/C11H6BrN3O3/c1-6-9(12)3-8(2-7(4-13)5-14)11(16)10(6)15(17)18/h2-3,16H,1H3. The minimum Gasteiger partial charge on any atom is -0.502 e. The van der Waals surface area contributed by atoms with Crippen LogP contribution >= 0.6 is 15.9 Å². The second kappa shape index (κ2) is 5.30. The Balaban J connectivity index is 3.61. The lowest BCUT2D eigenvalue weighted by Crippen LogP contribution is -1.95. The van der Waals surface area contributed by atoms with Crippen molar-refractivity contribution in [2.75, 3.05) is 0 Å². The van der Waals surface area contributed by atoms with Crippen LogP contribution in [0.2, 0.25) is 0 Å². The number of allylic oxidation sites excluding steroid dienone is 1. The molecule has 90 valence electrons. The first-order chi connectivity index (χ1) is 8.42. The van der Waals surface area contributed by atoms with Crippen LogP contribution in [0.1, 0.15) is 11.1 Å². The fraction of sp³-hybridized carbons (Fsp3) is 0.0909. The van der Waals surface area contributed by atoms with Crippen molar-refractivity contribution < 1.29 is 10.0 Å². The van der Waals surface area contributed by atoms with E-state index in [0.29, 0.717) is 4.47 Å². The first-order valence-corrected chi connectivity index (χ1v) is 5.40. The molecular weight excluding hydrogens is 302 g/mol. The van der Waals surface area contributed by atoms with Gasteiger partial charge in [0.1, 0.15) is 17.7 Å². The Labute approximate surface area is 111 Å². The Morgan fingerprint density at radius 3 is 2.56 bits per heavy atom. The van der Waals surface area contributed by atoms with E-state index in [4.69, 9.17) is 10.5 Å². The SMILES string of the molecule is Cc1c(Br)cc(C=C(C#N)C#N)c(O)c1[N+](=O)[O-]. The fourth-order valence-corrected chi connectivity index (χ4v) is 1.75. The molecule has 1 rings (SSSR count). The van der Waals surface area contributed by atoms with Gasteiger partial charge in [0.25, 0.3) is 0 Å². The number of nitriles is 2. The summed E-state index contributed by atoms with van der Waals surface area (Å²) in [6.45, 7) is 1.48. The molecule has 7 heteroatoms. The molecule has 0 fully saturated rings. The van der Waals surface area contributed by atoms with E-state index in [1.807, 2.05) is 0 Å². The van der Waals surface area contributed by atoms with Crippen LogP contribution in [0.5, 0.6) is 5.75 Å². The highest BCUT2D eigenvalue weighted by Gasteiger charge is 2.22. The molecule has 18 heavy (non-hydrogen) atoms. The summed E-state index contributed by atoms with van der Waals surface area (Å²) >= 11 is 3.12. The monoisotopic (exact) mass is 307 g/mol. The molecule has 0 aromatic heterocycles. The molecule has 6 nitrogen and oxygen atoms in total. The van der Waals surface area contributed by atoms with Crippen molar-refractivity contribution in [3.05, 3.63) is 37.4 Å². The van der Waals surface area contributed by atoms with E-state index in [0.717, 1.165) is 6.08 Å². The lowest BCUT2D eigenvalue weighted by atomic mass is 10.1. The maximum atomic E-state index is 10.8. The molecule has 0 aliphatic carbocycles. The van der Waals surface area contributed by atoms with Gasteiger partial charge in [-0.15, -0.1) is 0 Å². The highest BCUT2D eigenvalue weighted by atomic mass is 79.9. The Morgan fingerprint density at radius 2 is 2.11 bits per heavy atom. The zero-order valence-electron chi connectivity index (χ0n) is 9.14. The molecule has 0 atom stereocenters. The van der Waals surface area contributed by atoms with Crippen molar-refractivity contribution in [1.82, 2.24) is 0 Å². The molecule has 0 spiro atoms. The summed E-state index contributed by atoms with van der Waals surface area (Å²) in [4.78, 5) is 10.1. The average Bonchev–Trinajstić information content (AvgIpc) is 2.32. The van der Waals surface area contributed by atoms with E-state index < -0.39 is 16.4 Å². The van der Waals surface area contributed by atoms with Gasteiger partial charge in [-0.3, -0.25) is 10.1 Å². The van der Waals surface area contributed by atoms with Crippen LogP contribution in [0.25, 0.3) is 6.08 Å². The number of benzene rings is 1. The number of hydrogen-bond acceptors (Lipinski definition) is 5. The molecule has 0 aliphatic rings. The van der Waals surface area contributed by atoms with Gasteiger partial charge >= 0.3 is 5.69 Å². The first-order valence-electron chi connectivity index (χ1n) is 4.60. The third-order valence-corrected chi connectivity index (χ3v) is 3.04. The number of phenols is 1. The van der Waals surface area contributed by atoms with Crippen LogP contribution in [-0.2, 0) is 0 Å². The molecule has 0 saturated heterocycles. The van der Waals surface area contributed by atoms with Gasteiger partial charge in [-0.05, 0) is 19.1 Å². The molecule has 0 radical (unpaired) electrons. The van der Waals surface area contributed by atoms with E-state index in [-0.39, 0.29) is 16.7 Å². The minimum atomic E-state index is -0.717. The zero-order chi connectivity index (χ0) is 13.9. The van der Waals surface area contributed by atoms with Crippen LogP contribution in [0.3, 0.4) is 0 Å². The van der Waals surface area contributed by atoms with E-state index in [2.05, 4.69) is 15.9 Å². The van der Waals surface area contributed by atoms with Gasteiger partial charge in [0.15, 0.2) is 0 Å². The summed E-state index contributed by atoms with van der Waals surface area (Å²) < 4.78 is 0.411. The van der Waals surface area contributed by atoms with Gasteiger partial charge < -0.3 is 5.11 Å². The molecule has 1 aromatic rings. The molecular formula is C11H6BrN3O3. The average molecular weight is 308 g/mol. The number of hydrogen-bond donors (Lipinski definition) is 1. The Kier molecular flexibility index (Phi) is 4.03. The second-order valence-electron chi connectivity index (χ2n) is 3.31. The molecule has 0 bridgehead atoms. The number of halogens is 1. The van der Waals surface area contributed by atoms with E-state index in [1.54, 1.807) is 12.1 Å². The van der Waals surface area contributed by atoms with E-state index in [1.165, 1.54) is 13.0 Å². The highest BCUT2D eigenvalue weighted by molar-refractivity contribution is 9.10. The predicted molar refractivity (Wildman–Crippen MR) is 66.4 cm³/mol. The smallest absolute Gasteiger partial charge is 0.315 e. The lowest BCUT2D eigenvalue weighted by molar-refractivity contribution is -0.386. The minimum absolute atomic E-state index is 0.0391. The number of aromatic hydroxyl groups is 1. The van der Waals surface area contributed by atoms with Crippen molar-refractivity contribution in [2.45, 2.75) is 6.92 Å². The van der Waals surface area contributed by atoms with Gasteiger partial charge in [0, 0.05) is 15.6 Å². The Morgan fingerprint density at radius 1 is 1.56 bits per heavy atom. The van der Waals surface area contributed by atoms with Crippen LogP contribution < -0.4 is 0 Å². The van der Waals surface area contributed by atoms with E-state index in [9.17, 15) is 15.2 Å². The van der Waals surface area contributed by atoms with E-state index >= 15 is 0 Å². The molecule has 0 amide bonds. The molecule has 1 aromatic carbocycles. The maximum absolute atomic E-state index is 10.8. The topological polar surface area (TPSA) is 111 Å².